The Labute approximate surface area is 198 Å². The topological polar surface area (TPSA) is 54.3 Å². The van der Waals surface area contributed by atoms with Crippen LogP contribution in [-0.4, -0.2) is 68.7 Å². The summed E-state index contributed by atoms with van der Waals surface area (Å²) in [4.78, 5) is 27.6. The van der Waals surface area contributed by atoms with Crippen molar-refractivity contribution in [3.63, 3.8) is 0 Å². The van der Waals surface area contributed by atoms with Gasteiger partial charge in [-0.25, -0.2) is 9.97 Å². The van der Waals surface area contributed by atoms with Gasteiger partial charge in [0, 0.05) is 19.6 Å². The fourth-order valence-corrected chi connectivity index (χ4v) is 5.11. The smallest absolute Gasteiger partial charge is 0.272 e. The molecule has 32 heavy (non-hydrogen) atoms. The Hall–Kier alpha value is -1.60. The van der Waals surface area contributed by atoms with Crippen LogP contribution in [0.2, 0.25) is 0 Å². The Morgan fingerprint density at radius 3 is 2.34 bits per heavy atom. The molecule has 1 fully saturated rings. The van der Waals surface area contributed by atoms with Gasteiger partial charge in [0.05, 0.1) is 0 Å². The molecule has 2 aromatic rings. The van der Waals surface area contributed by atoms with Crippen molar-refractivity contribution >= 4 is 28.8 Å². The molecule has 1 aliphatic heterocycles. The van der Waals surface area contributed by atoms with E-state index in [1.165, 1.54) is 32.4 Å². The molecule has 0 atom stereocenters. The van der Waals surface area contributed by atoms with Gasteiger partial charge in [-0.2, -0.15) is 0 Å². The monoisotopic (exact) mass is 459 g/mol. The normalized spacial score (nSPS) is 14.8. The van der Waals surface area contributed by atoms with Gasteiger partial charge in [-0.05, 0) is 69.6 Å². The largest absolute Gasteiger partial charge is 0.337 e. The highest BCUT2D eigenvalue weighted by molar-refractivity contribution is 7.99. The van der Waals surface area contributed by atoms with Crippen LogP contribution in [0.3, 0.4) is 0 Å². The minimum Gasteiger partial charge on any atom is -0.337 e. The Kier molecular flexibility index (Phi) is 10.3. The first-order valence-corrected chi connectivity index (χ1v) is 13.7. The number of rotatable bonds is 13. The lowest BCUT2D eigenvalue weighted by Gasteiger charge is -2.26. The van der Waals surface area contributed by atoms with Crippen LogP contribution in [0.1, 0.15) is 82.6 Å². The number of aromatic nitrogens is 3. The van der Waals surface area contributed by atoms with Gasteiger partial charge in [-0.1, -0.05) is 51.8 Å². The van der Waals surface area contributed by atoms with Crippen LogP contribution in [0.4, 0.5) is 0 Å². The first kappa shape index (κ1) is 25.0. The molecule has 1 amide bonds. The zero-order valence-corrected chi connectivity index (χ0v) is 21.1. The van der Waals surface area contributed by atoms with Crippen LogP contribution < -0.4 is 0 Å². The maximum atomic E-state index is 13.3. The van der Waals surface area contributed by atoms with Gasteiger partial charge in [0.25, 0.3) is 5.91 Å². The fourth-order valence-electron chi connectivity index (χ4n) is 4.35. The highest BCUT2D eigenvalue weighted by atomic mass is 32.2. The summed E-state index contributed by atoms with van der Waals surface area (Å²) in [5, 5.41) is 1.02. The third-order valence-corrected chi connectivity index (χ3v) is 7.06. The third-order valence-electron chi connectivity index (χ3n) is 6.20. The van der Waals surface area contributed by atoms with Crippen molar-refractivity contribution in [3.8, 4) is 0 Å². The highest BCUT2D eigenvalue weighted by Gasteiger charge is 2.20. The average Bonchev–Trinajstić information content (AvgIpc) is 3.16. The molecule has 0 aliphatic carbocycles. The Bertz CT molecular complexity index is 838. The molecular weight excluding hydrogens is 418 g/mol. The molecule has 1 saturated heterocycles. The van der Waals surface area contributed by atoms with E-state index in [9.17, 15) is 4.79 Å². The number of piperidine rings is 1. The number of carbonyl (C=O) groups is 1. The highest BCUT2D eigenvalue weighted by Crippen LogP contribution is 2.24. The van der Waals surface area contributed by atoms with E-state index in [1.54, 1.807) is 11.8 Å². The molecule has 0 bridgehead atoms. The van der Waals surface area contributed by atoms with Crippen molar-refractivity contribution in [2.75, 3.05) is 38.5 Å². The predicted octanol–water partition coefficient (Wildman–Crippen LogP) is 5.46. The van der Waals surface area contributed by atoms with E-state index in [0.29, 0.717) is 5.69 Å². The second-order valence-electron chi connectivity index (χ2n) is 8.77. The lowest BCUT2D eigenvalue weighted by atomic mass is 10.1. The molecule has 0 saturated carbocycles. The van der Waals surface area contributed by atoms with Crippen molar-refractivity contribution in [1.82, 2.24) is 24.3 Å². The van der Waals surface area contributed by atoms with Gasteiger partial charge in [0.15, 0.2) is 10.8 Å². The number of amides is 1. The summed E-state index contributed by atoms with van der Waals surface area (Å²) in [7, 11) is 0. The summed E-state index contributed by atoms with van der Waals surface area (Å²) >= 11 is 1.76. The van der Waals surface area contributed by atoms with Crippen LogP contribution in [0, 0.1) is 0 Å². The van der Waals surface area contributed by atoms with Gasteiger partial charge in [0.1, 0.15) is 11.2 Å². The molecular formula is C25H41N5OS. The van der Waals surface area contributed by atoms with Crippen molar-refractivity contribution in [2.24, 2.45) is 0 Å². The summed E-state index contributed by atoms with van der Waals surface area (Å²) in [5.41, 5.74) is 2.30. The Morgan fingerprint density at radius 2 is 1.69 bits per heavy atom. The van der Waals surface area contributed by atoms with E-state index in [4.69, 9.17) is 9.97 Å². The van der Waals surface area contributed by atoms with Crippen molar-refractivity contribution in [1.29, 1.82) is 0 Å². The van der Waals surface area contributed by atoms with Gasteiger partial charge in [-0.15, -0.1) is 0 Å². The zero-order chi connectivity index (χ0) is 22.8. The number of hydrogen-bond acceptors (Lipinski definition) is 5. The van der Waals surface area contributed by atoms with Crippen LogP contribution in [-0.2, 0) is 6.54 Å². The molecule has 0 N–H and O–H groups in total. The molecule has 0 radical (unpaired) electrons. The number of likely N-dealkylation sites (tertiary alicyclic amines) is 1. The van der Waals surface area contributed by atoms with E-state index < -0.39 is 0 Å². The van der Waals surface area contributed by atoms with Crippen LogP contribution >= 0.6 is 11.8 Å². The van der Waals surface area contributed by atoms with Gasteiger partial charge < -0.3 is 14.4 Å². The molecule has 178 valence electrons. The van der Waals surface area contributed by atoms with Crippen molar-refractivity contribution < 1.29 is 4.79 Å². The van der Waals surface area contributed by atoms with Crippen LogP contribution in [0.15, 0.2) is 17.3 Å². The summed E-state index contributed by atoms with van der Waals surface area (Å²) in [5.74, 6) is 1.03. The minimum atomic E-state index is 0.0551. The number of imidazole rings is 1. The van der Waals surface area contributed by atoms with Crippen LogP contribution in [0.25, 0.3) is 11.2 Å². The molecule has 0 aromatic carbocycles. The predicted molar refractivity (Wildman–Crippen MR) is 135 cm³/mol. The first-order valence-electron chi connectivity index (χ1n) is 12.7. The van der Waals surface area contributed by atoms with Gasteiger partial charge >= 0.3 is 0 Å². The lowest BCUT2D eigenvalue weighted by molar-refractivity contribution is 0.0745. The van der Waals surface area contributed by atoms with Crippen LogP contribution in [0.5, 0.6) is 0 Å². The molecule has 3 rings (SSSR count). The summed E-state index contributed by atoms with van der Waals surface area (Å²) in [6, 6.07) is 3.84. The van der Waals surface area contributed by atoms with E-state index in [0.717, 1.165) is 80.4 Å². The number of fused-ring (bicyclic) bond motifs is 1. The van der Waals surface area contributed by atoms with E-state index >= 15 is 0 Å². The Morgan fingerprint density at radius 1 is 0.969 bits per heavy atom. The quantitative estimate of drug-likeness (QED) is 0.372. The molecule has 0 unspecified atom stereocenters. The standard InChI is InChI=1S/C25H41N5OS/c1-4-7-18-29(19-8-5-2)24(31)22-14-13-21-23(26-22)30(25(27-21)32-6-3)20-12-17-28-15-10-9-11-16-28/h13-14H,4-12,15-20H2,1-3H3. The number of thioether (sulfide) groups is 1. The van der Waals surface area contributed by atoms with Crippen molar-refractivity contribution in [3.05, 3.63) is 17.8 Å². The summed E-state index contributed by atoms with van der Waals surface area (Å²) < 4.78 is 2.24. The zero-order valence-electron chi connectivity index (χ0n) is 20.3. The summed E-state index contributed by atoms with van der Waals surface area (Å²) in [6.07, 6.45) is 9.34. The molecule has 7 heteroatoms. The van der Waals surface area contributed by atoms with E-state index in [2.05, 4.69) is 30.2 Å². The second-order valence-corrected chi connectivity index (χ2v) is 10.0. The number of carbonyl (C=O) groups excluding carboxylic acids is 1. The summed E-state index contributed by atoms with van der Waals surface area (Å²) in [6.45, 7) is 12.6. The molecule has 6 nitrogen and oxygen atoms in total. The number of nitrogens with zero attached hydrogens (tertiary/aromatic N) is 5. The van der Waals surface area contributed by atoms with Gasteiger partial charge in [0.2, 0.25) is 0 Å². The second kappa shape index (κ2) is 13.2. The Balaban J connectivity index is 1.79. The van der Waals surface area contributed by atoms with E-state index in [1.807, 2.05) is 17.0 Å². The average molecular weight is 460 g/mol. The van der Waals surface area contributed by atoms with Gasteiger partial charge in [-0.3, -0.25) is 4.79 Å². The number of hydrogen-bond donors (Lipinski definition) is 0. The number of unbranched alkanes of at least 4 members (excludes halogenated alkanes) is 2. The maximum Gasteiger partial charge on any atom is 0.272 e. The first-order chi connectivity index (χ1) is 15.7. The SMILES string of the molecule is CCCCN(CCCC)C(=O)c1ccc2nc(SCC)n(CCCN3CCCCC3)c2n1. The molecule has 2 aromatic heterocycles. The lowest BCUT2D eigenvalue weighted by Crippen LogP contribution is -2.33. The minimum absolute atomic E-state index is 0.0551. The third kappa shape index (κ3) is 6.70. The maximum absolute atomic E-state index is 13.3. The molecule has 0 spiro atoms. The molecule has 1 aliphatic rings. The van der Waals surface area contributed by atoms with Crippen molar-refractivity contribution in [2.45, 2.75) is 83.8 Å². The molecule has 3 heterocycles. The van der Waals surface area contributed by atoms with E-state index in [-0.39, 0.29) is 5.91 Å². The number of pyridine rings is 1. The number of aryl methyl sites for hydroxylation is 1. The fraction of sp³-hybridized carbons (Fsp3) is 0.720.